The summed E-state index contributed by atoms with van der Waals surface area (Å²) in [6.07, 6.45) is 6.91. The van der Waals surface area contributed by atoms with E-state index in [9.17, 15) is 9.59 Å². The summed E-state index contributed by atoms with van der Waals surface area (Å²) in [7, 11) is 0. The van der Waals surface area contributed by atoms with Crippen molar-refractivity contribution in [2.24, 2.45) is 0 Å². The highest BCUT2D eigenvalue weighted by molar-refractivity contribution is 6.05. The van der Waals surface area contributed by atoms with Crippen LogP contribution in [0.1, 0.15) is 5.56 Å². The summed E-state index contributed by atoms with van der Waals surface area (Å²) in [6, 6.07) is 7.57. The summed E-state index contributed by atoms with van der Waals surface area (Å²) < 4.78 is 1.88. The van der Waals surface area contributed by atoms with Gasteiger partial charge in [0.15, 0.2) is 0 Å². The number of amides is 2. The second-order valence-corrected chi connectivity index (χ2v) is 4.35. The molecule has 20 heavy (non-hydrogen) atoms. The van der Waals surface area contributed by atoms with Gasteiger partial charge in [0.1, 0.15) is 5.70 Å². The molecule has 3 rings (SSSR count). The van der Waals surface area contributed by atoms with Crippen molar-refractivity contribution in [2.45, 2.75) is 0 Å². The van der Waals surface area contributed by atoms with Crippen molar-refractivity contribution in [1.29, 1.82) is 0 Å². The SMILES string of the molecule is O=C1CNC(=O)C(=Cc2ccc(-n3ccnc3)cc2)N1. The van der Waals surface area contributed by atoms with Gasteiger partial charge in [-0.25, -0.2) is 4.98 Å². The fourth-order valence-corrected chi connectivity index (χ4v) is 1.93. The summed E-state index contributed by atoms with van der Waals surface area (Å²) >= 11 is 0. The van der Waals surface area contributed by atoms with Crippen molar-refractivity contribution in [2.75, 3.05) is 6.54 Å². The van der Waals surface area contributed by atoms with Crippen LogP contribution in [0.4, 0.5) is 0 Å². The van der Waals surface area contributed by atoms with E-state index < -0.39 is 0 Å². The number of nitrogens with one attached hydrogen (secondary N) is 2. The van der Waals surface area contributed by atoms with Gasteiger partial charge in [0, 0.05) is 18.1 Å². The molecule has 6 nitrogen and oxygen atoms in total. The first-order valence-electron chi connectivity index (χ1n) is 6.10. The van der Waals surface area contributed by atoms with Gasteiger partial charge >= 0.3 is 0 Å². The first-order valence-corrected chi connectivity index (χ1v) is 6.10. The van der Waals surface area contributed by atoms with E-state index in [-0.39, 0.29) is 24.1 Å². The molecule has 0 atom stereocenters. The zero-order valence-electron chi connectivity index (χ0n) is 10.5. The Morgan fingerprint density at radius 2 is 2.00 bits per heavy atom. The van der Waals surface area contributed by atoms with E-state index in [1.54, 1.807) is 18.6 Å². The molecule has 0 unspecified atom stereocenters. The minimum absolute atomic E-state index is 0.0236. The lowest BCUT2D eigenvalue weighted by Crippen LogP contribution is -2.46. The third kappa shape index (κ3) is 2.44. The molecule has 0 bridgehead atoms. The van der Waals surface area contributed by atoms with Gasteiger partial charge in [-0.1, -0.05) is 12.1 Å². The van der Waals surface area contributed by atoms with Crippen molar-refractivity contribution < 1.29 is 9.59 Å². The van der Waals surface area contributed by atoms with Crippen LogP contribution >= 0.6 is 0 Å². The fourth-order valence-electron chi connectivity index (χ4n) is 1.93. The minimum atomic E-state index is -0.275. The molecule has 1 saturated heterocycles. The third-order valence-electron chi connectivity index (χ3n) is 2.93. The fraction of sp³-hybridized carbons (Fsp3) is 0.0714. The van der Waals surface area contributed by atoms with Gasteiger partial charge in [-0.05, 0) is 23.8 Å². The molecule has 100 valence electrons. The number of benzene rings is 1. The molecule has 1 aromatic heterocycles. The number of nitrogens with zero attached hydrogens (tertiary/aromatic N) is 2. The Morgan fingerprint density at radius 1 is 1.20 bits per heavy atom. The minimum Gasteiger partial charge on any atom is -0.342 e. The Morgan fingerprint density at radius 3 is 2.70 bits per heavy atom. The number of aromatic nitrogens is 2. The van der Waals surface area contributed by atoms with E-state index in [0.717, 1.165) is 11.3 Å². The highest BCUT2D eigenvalue weighted by Gasteiger charge is 2.18. The Hall–Kier alpha value is -2.89. The van der Waals surface area contributed by atoms with E-state index >= 15 is 0 Å². The predicted octanol–water partition coefficient (Wildman–Crippen LogP) is 0.459. The maximum absolute atomic E-state index is 11.6. The summed E-state index contributed by atoms with van der Waals surface area (Å²) in [5, 5.41) is 5.06. The van der Waals surface area contributed by atoms with Crippen LogP contribution in [-0.2, 0) is 9.59 Å². The molecular weight excluding hydrogens is 256 g/mol. The molecule has 1 fully saturated rings. The third-order valence-corrected chi connectivity index (χ3v) is 2.93. The largest absolute Gasteiger partial charge is 0.342 e. The maximum atomic E-state index is 11.6. The predicted molar refractivity (Wildman–Crippen MR) is 72.7 cm³/mol. The monoisotopic (exact) mass is 268 g/mol. The Kier molecular flexibility index (Phi) is 3.04. The van der Waals surface area contributed by atoms with Gasteiger partial charge in [-0.2, -0.15) is 0 Å². The zero-order valence-corrected chi connectivity index (χ0v) is 10.5. The second-order valence-electron chi connectivity index (χ2n) is 4.35. The van der Waals surface area contributed by atoms with Gasteiger partial charge in [0.05, 0.1) is 12.9 Å². The molecule has 0 aliphatic carbocycles. The molecule has 1 aliphatic rings. The number of imidazole rings is 1. The van der Waals surface area contributed by atoms with E-state index in [2.05, 4.69) is 15.6 Å². The lowest BCUT2D eigenvalue weighted by atomic mass is 10.1. The van der Waals surface area contributed by atoms with Crippen LogP contribution < -0.4 is 10.6 Å². The van der Waals surface area contributed by atoms with Crippen LogP contribution in [0.25, 0.3) is 11.8 Å². The average molecular weight is 268 g/mol. The van der Waals surface area contributed by atoms with E-state index in [1.807, 2.05) is 35.0 Å². The Labute approximate surface area is 115 Å². The molecule has 1 aromatic carbocycles. The van der Waals surface area contributed by atoms with Crippen molar-refractivity contribution in [3.05, 3.63) is 54.2 Å². The van der Waals surface area contributed by atoms with E-state index in [1.165, 1.54) is 0 Å². The average Bonchev–Trinajstić information content (AvgIpc) is 2.98. The number of carbonyl (C=O) groups excluding carboxylic acids is 2. The molecule has 2 N–H and O–H groups in total. The number of piperazine rings is 1. The molecule has 2 heterocycles. The molecular formula is C14H12N4O2. The smallest absolute Gasteiger partial charge is 0.268 e. The van der Waals surface area contributed by atoms with E-state index in [4.69, 9.17) is 0 Å². The van der Waals surface area contributed by atoms with Gasteiger partial charge in [0.25, 0.3) is 5.91 Å². The highest BCUT2D eigenvalue weighted by atomic mass is 16.2. The number of rotatable bonds is 2. The quantitative estimate of drug-likeness (QED) is 0.777. The van der Waals surface area contributed by atoms with Crippen LogP contribution in [0, 0.1) is 0 Å². The number of hydrogen-bond acceptors (Lipinski definition) is 3. The molecule has 0 spiro atoms. The van der Waals surface area contributed by atoms with Gasteiger partial charge in [0.2, 0.25) is 5.91 Å². The van der Waals surface area contributed by atoms with Crippen LogP contribution in [0.5, 0.6) is 0 Å². The van der Waals surface area contributed by atoms with Crippen LogP contribution in [0.15, 0.2) is 48.7 Å². The molecule has 2 amide bonds. The Balaban J connectivity index is 1.84. The number of carbonyl (C=O) groups is 2. The first-order chi connectivity index (χ1) is 9.72. The molecule has 0 radical (unpaired) electrons. The summed E-state index contributed by atoms with van der Waals surface area (Å²) in [6.45, 7) is 0.0236. The zero-order chi connectivity index (χ0) is 13.9. The summed E-state index contributed by atoms with van der Waals surface area (Å²) in [5.74, 6) is -0.492. The first kappa shape index (κ1) is 12.2. The van der Waals surface area contributed by atoms with Crippen molar-refractivity contribution in [3.63, 3.8) is 0 Å². The highest BCUT2D eigenvalue weighted by Crippen LogP contribution is 2.12. The van der Waals surface area contributed by atoms with Gasteiger partial charge in [-0.3, -0.25) is 9.59 Å². The summed E-state index contributed by atoms with van der Waals surface area (Å²) in [4.78, 5) is 26.8. The van der Waals surface area contributed by atoms with Crippen molar-refractivity contribution in [1.82, 2.24) is 20.2 Å². The van der Waals surface area contributed by atoms with Crippen LogP contribution in [0.2, 0.25) is 0 Å². The van der Waals surface area contributed by atoms with Crippen LogP contribution in [-0.4, -0.2) is 27.9 Å². The molecule has 0 saturated carbocycles. The Bertz CT molecular complexity index is 672. The van der Waals surface area contributed by atoms with Crippen LogP contribution in [0.3, 0.4) is 0 Å². The second kappa shape index (κ2) is 5.00. The van der Waals surface area contributed by atoms with Gasteiger partial charge in [-0.15, -0.1) is 0 Å². The lowest BCUT2D eigenvalue weighted by molar-refractivity contribution is -0.127. The lowest BCUT2D eigenvalue weighted by Gasteiger charge is -2.15. The topological polar surface area (TPSA) is 76.0 Å². The van der Waals surface area contributed by atoms with Gasteiger partial charge < -0.3 is 15.2 Å². The van der Waals surface area contributed by atoms with E-state index in [0.29, 0.717) is 0 Å². The summed E-state index contributed by atoms with van der Waals surface area (Å²) in [5.41, 5.74) is 2.07. The number of hydrogen-bond donors (Lipinski definition) is 2. The van der Waals surface area contributed by atoms with Crippen molar-refractivity contribution >= 4 is 17.9 Å². The standard InChI is InChI=1S/C14H12N4O2/c19-13-8-16-14(20)12(17-13)7-10-1-3-11(4-2-10)18-6-5-15-9-18/h1-7,9H,8H2,(H,16,20)(H,17,19). The normalized spacial score (nSPS) is 16.9. The molecule has 1 aliphatic heterocycles. The molecule has 6 heteroatoms. The van der Waals surface area contributed by atoms with Crippen molar-refractivity contribution in [3.8, 4) is 5.69 Å². The molecule has 2 aromatic rings. The maximum Gasteiger partial charge on any atom is 0.268 e.